The molecule has 1 fully saturated rings. The zero-order valence-electron chi connectivity index (χ0n) is 10.9. The van der Waals surface area contributed by atoms with E-state index in [-0.39, 0.29) is 11.3 Å². The average molecular weight is 242 g/mol. The van der Waals surface area contributed by atoms with Crippen LogP contribution in [0.2, 0.25) is 0 Å². The van der Waals surface area contributed by atoms with Crippen molar-refractivity contribution in [1.29, 1.82) is 0 Å². The van der Waals surface area contributed by atoms with Crippen LogP contribution in [0.5, 0.6) is 0 Å². The van der Waals surface area contributed by atoms with Gasteiger partial charge in [0.05, 0.1) is 0 Å². The molecule has 2 aromatic rings. The van der Waals surface area contributed by atoms with Crippen molar-refractivity contribution < 1.29 is 4.79 Å². The smallest absolute Gasteiger partial charge is 0.216 e. The van der Waals surface area contributed by atoms with Gasteiger partial charge in [0.1, 0.15) is 0 Å². The van der Waals surface area contributed by atoms with Crippen LogP contribution in [0, 0.1) is 0 Å². The van der Waals surface area contributed by atoms with Gasteiger partial charge in [-0.2, -0.15) is 0 Å². The van der Waals surface area contributed by atoms with Gasteiger partial charge in [0.2, 0.25) is 5.91 Å². The average Bonchev–Trinajstić information content (AvgIpc) is 3.07. The Labute approximate surface area is 107 Å². The van der Waals surface area contributed by atoms with Crippen LogP contribution >= 0.6 is 0 Å². The Morgan fingerprint density at radius 2 is 2.11 bits per heavy atom. The highest BCUT2D eigenvalue weighted by Gasteiger charge is 2.45. The van der Waals surface area contributed by atoms with Crippen LogP contribution in [-0.2, 0) is 17.3 Å². The number of aromatic nitrogens is 1. The van der Waals surface area contributed by atoms with Crippen molar-refractivity contribution in [3.05, 3.63) is 36.0 Å². The van der Waals surface area contributed by atoms with Crippen LogP contribution in [0.15, 0.2) is 30.5 Å². The molecule has 1 amide bonds. The summed E-state index contributed by atoms with van der Waals surface area (Å²) in [6.45, 7) is 2.34. The van der Waals surface area contributed by atoms with Crippen LogP contribution in [0.1, 0.15) is 25.3 Å². The van der Waals surface area contributed by atoms with E-state index in [9.17, 15) is 4.79 Å². The van der Waals surface area contributed by atoms with Crippen LogP contribution in [0.3, 0.4) is 0 Å². The Bertz CT molecular complexity index is 608. The number of hydrogen-bond acceptors (Lipinski definition) is 1. The summed E-state index contributed by atoms with van der Waals surface area (Å²) in [5, 5.41) is 4.29. The molecule has 1 aliphatic carbocycles. The topological polar surface area (TPSA) is 34.0 Å². The highest BCUT2D eigenvalue weighted by Crippen LogP contribution is 2.50. The van der Waals surface area contributed by atoms with Crippen LogP contribution in [-0.4, -0.2) is 17.0 Å². The normalized spacial score (nSPS) is 16.8. The lowest BCUT2D eigenvalue weighted by Gasteiger charge is -2.14. The van der Waals surface area contributed by atoms with Crippen LogP contribution in [0.25, 0.3) is 10.9 Å². The number of benzene rings is 1. The van der Waals surface area contributed by atoms with E-state index in [1.165, 1.54) is 29.3 Å². The summed E-state index contributed by atoms with van der Waals surface area (Å²) < 4.78 is 2.18. The molecule has 18 heavy (non-hydrogen) atoms. The van der Waals surface area contributed by atoms with Gasteiger partial charge in [-0.05, 0) is 24.5 Å². The van der Waals surface area contributed by atoms with Gasteiger partial charge in [0.15, 0.2) is 0 Å². The molecule has 3 nitrogen and oxygen atoms in total. The van der Waals surface area contributed by atoms with Crippen LogP contribution < -0.4 is 5.32 Å². The number of nitrogens with one attached hydrogen (secondary N) is 1. The zero-order valence-corrected chi connectivity index (χ0v) is 10.9. The number of aryl methyl sites for hydroxylation is 1. The molecule has 1 heterocycles. The van der Waals surface area contributed by atoms with Crippen molar-refractivity contribution in [2.45, 2.75) is 25.2 Å². The minimum absolute atomic E-state index is 0.0570. The minimum atomic E-state index is 0.0570. The Balaban J connectivity index is 2.02. The second-order valence-corrected chi connectivity index (χ2v) is 5.36. The summed E-state index contributed by atoms with van der Waals surface area (Å²) in [5.41, 5.74) is 2.82. The highest BCUT2D eigenvalue weighted by molar-refractivity contribution is 5.85. The zero-order chi connectivity index (χ0) is 12.8. The number of carbonyl (C=O) groups excluding carboxylic acids is 1. The van der Waals surface area contributed by atoms with E-state index in [1.807, 2.05) is 0 Å². The van der Waals surface area contributed by atoms with Crippen molar-refractivity contribution in [2.24, 2.45) is 7.05 Å². The Morgan fingerprint density at radius 1 is 1.39 bits per heavy atom. The molecule has 1 aliphatic rings. The molecule has 0 bridgehead atoms. The first-order valence-electron chi connectivity index (χ1n) is 6.41. The largest absolute Gasteiger partial charge is 0.355 e. The van der Waals surface area contributed by atoms with Gasteiger partial charge < -0.3 is 9.88 Å². The Kier molecular flexibility index (Phi) is 2.44. The van der Waals surface area contributed by atoms with Gasteiger partial charge in [-0.3, -0.25) is 4.79 Å². The lowest BCUT2D eigenvalue weighted by molar-refractivity contribution is -0.119. The Morgan fingerprint density at radius 3 is 2.78 bits per heavy atom. The fourth-order valence-corrected chi connectivity index (χ4v) is 2.75. The molecule has 0 unspecified atom stereocenters. The van der Waals surface area contributed by atoms with Gasteiger partial charge in [0, 0.05) is 43.0 Å². The second-order valence-electron chi connectivity index (χ2n) is 5.36. The molecule has 3 rings (SSSR count). The van der Waals surface area contributed by atoms with E-state index >= 15 is 0 Å². The monoisotopic (exact) mass is 242 g/mol. The third kappa shape index (κ3) is 1.70. The standard InChI is InChI=1S/C15H18N2O/c1-11(18)16-10-15(7-8-15)13-9-17(2)14-6-4-3-5-12(13)14/h3-6,9H,7-8,10H2,1-2H3,(H,16,18). The summed E-state index contributed by atoms with van der Waals surface area (Å²) in [4.78, 5) is 11.1. The van der Waals surface area contributed by atoms with Gasteiger partial charge in [0.25, 0.3) is 0 Å². The summed E-state index contributed by atoms with van der Waals surface area (Å²) >= 11 is 0. The number of carbonyl (C=O) groups is 1. The second kappa shape index (κ2) is 3.87. The molecule has 0 atom stereocenters. The molecule has 0 saturated heterocycles. The van der Waals surface area contributed by atoms with E-state index in [2.05, 4.69) is 47.4 Å². The van der Waals surface area contributed by atoms with Crippen molar-refractivity contribution in [3.8, 4) is 0 Å². The van der Waals surface area contributed by atoms with E-state index in [4.69, 9.17) is 0 Å². The summed E-state index contributed by atoms with van der Waals surface area (Å²) in [7, 11) is 2.08. The van der Waals surface area contributed by atoms with E-state index in [1.54, 1.807) is 6.92 Å². The van der Waals surface area contributed by atoms with Gasteiger partial charge >= 0.3 is 0 Å². The number of nitrogens with zero attached hydrogens (tertiary/aromatic N) is 1. The number of hydrogen-bond donors (Lipinski definition) is 1. The molecule has 94 valence electrons. The molecule has 1 N–H and O–H groups in total. The van der Waals surface area contributed by atoms with Gasteiger partial charge in [-0.25, -0.2) is 0 Å². The van der Waals surface area contributed by atoms with Crippen molar-refractivity contribution >= 4 is 16.8 Å². The third-order valence-corrected chi connectivity index (χ3v) is 4.00. The van der Waals surface area contributed by atoms with E-state index in [0.29, 0.717) is 0 Å². The summed E-state index contributed by atoms with van der Waals surface area (Å²) in [6.07, 6.45) is 4.56. The third-order valence-electron chi connectivity index (χ3n) is 4.00. The number of fused-ring (bicyclic) bond motifs is 1. The maximum absolute atomic E-state index is 11.1. The predicted molar refractivity (Wildman–Crippen MR) is 72.5 cm³/mol. The van der Waals surface area contributed by atoms with Gasteiger partial charge in [-0.1, -0.05) is 18.2 Å². The lowest BCUT2D eigenvalue weighted by atomic mass is 9.95. The molecular weight excluding hydrogens is 224 g/mol. The number of rotatable bonds is 3. The van der Waals surface area contributed by atoms with Crippen molar-refractivity contribution in [2.75, 3.05) is 6.54 Å². The first-order chi connectivity index (χ1) is 8.62. The quantitative estimate of drug-likeness (QED) is 0.880. The summed E-state index contributed by atoms with van der Waals surface area (Å²) in [5.74, 6) is 0.0570. The molecule has 1 aromatic carbocycles. The molecular formula is C15H18N2O. The Hall–Kier alpha value is -1.77. The maximum Gasteiger partial charge on any atom is 0.216 e. The molecule has 1 aromatic heterocycles. The molecule has 1 saturated carbocycles. The molecule has 3 heteroatoms. The van der Waals surface area contributed by atoms with Crippen molar-refractivity contribution in [1.82, 2.24) is 9.88 Å². The van der Waals surface area contributed by atoms with E-state index < -0.39 is 0 Å². The summed E-state index contributed by atoms with van der Waals surface area (Å²) in [6, 6.07) is 8.48. The van der Waals surface area contributed by atoms with E-state index in [0.717, 1.165) is 6.54 Å². The number of para-hydroxylation sites is 1. The maximum atomic E-state index is 11.1. The van der Waals surface area contributed by atoms with Gasteiger partial charge in [-0.15, -0.1) is 0 Å². The minimum Gasteiger partial charge on any atom is -0.355 e. The fraction of sp³-hybridized carbons (Fsp3) is 0.400. The molecule has 0 aliphatic heterocycles. The SMILES string of the molecule is CC(=O)NCC1(c2cn(C)c3ccccc23)CC1. The molecule has 0 spiro atoms. The predicted octanol–water partition coefficient (Wildman–Crippen LogP) is 2.35. The lowest BCUT2D eigenvalue weighted by Crippen LogP contribution is -2.30. The van der Waals surface area contributed by atoms with Crippen LogP contribution in [0.4, 0.5) is 0 Å². The number of amides is 1. The van der Waals surface area contributed by atoms with Crippen molar-refractivity contribution in [3.63, 3.8) is 0 Å². The fourth-order valence-electron chi connectivity index (χ4n) is 2.75. The highest BCUT2D eigenvalue weighted by atomic mass is 16.1. The first-order valence-corrected chi connectivity index (χ1v) is 6.41. The molecule has 0 radical (unpaired) electrons. The first kappa shape index (κ1) is 11.3.